The van der Waals surface area contributed by atoms with Crippen molar-refractivity contribution < 1.29 is 0 Å². The van der Waals surface area contributed by atoms with Crippen LogP contribution in [0.25, 0.3) is 0 Å². The Morgan fingerprint density at radius 3 is 2.50 bits per heavy atom. The van der Waals surface area contributed by atoms with E-state index in [2.05, 4.69) is 37.9 Å². The lowest BCUT2D eigenvalue weighted by Gasteiger charge is -2.19. The van der Waals surface area contributed by atoms with E-state index in [9.17, 15) is 0 Å². The average molecular weight is 189 g/mol. The smallest absolute Gasteiger partial charge is 0.0468 e. The van der Waals surface area contributed by atoms with Crippen molar-refractivity contribution >= 4 is 5.69 Å². The van der Waals surface area contributed by atoms with Crippen LogP contribution in [0, 0.1) is 0 Å². The summed E-state index contributed by atoms with van der Waals surface area (Å²) in [6, 6.07) is 10.7. The van der Waals surface area contributed by atoms with Crippen molar-refractivity contribution in [3.63, 3.8) is 0 Å². The number of hydrogen-bond acceptors (Lipinski definition) is 1. The summed E-state index contributed by atoms with van der Waals surface area (Å²) in [5, 5.41) is 3.48. The maximum atomic E-state index is 4.01. The van der Waals surface area contributed by atoms with E-state index in [4.69, 9.17) is 0 Å². The molecule has 0 heterocycles. The van der Waals surface area contributed by atoms with E-state index in [1.807, 2.05) is 18.2 Å². The molecule has 1 N–H and O–H groups in total. The van der Waals surface area contributed by atoms with Crippen molar-refractivity contribution in [1.82, 2.24) is 0 Å². The van der Waals surface area contributed by atoms with E-state index in [0.717, 1.165) is 6.42 Å². The minimum Gasteiger partial charge on any atom is -0.379 e. The number of hydrogen-bond donors (Lipinski definition) is 1. The molecule has 0 radical (unpaired) electrons. The van der Waals surface area contributed by atoms with Gasteiger partial charge in [-0.1, -0.05) is 43.7 Å². The zero-order valence-corrected chi connectivity index (χ0v) is 9.09. The van der Waals surface area contributed by atoms with Gasteiger partial charge in [-0.2, -0.15) is 0 Å². The minimum absolute atomic E-state index is 0.405. The van der Waals surface area contributed by atoms with Crippen molar-refractivity contribution in [2.24, 2.45) is 0 Å². The third-order valence-corrected chi connectivity index (χ3v) is 2.29. The van der Waals surface area contributed by atoms with Gasteiger partial charge in [0.25, 0.3) is 0 Å². The number of para-hydroxylation sites is 1. The summed E-state index contributed by atoms with van der Waals surface area (Å²) in [5.74, 6) is 0. The van der Waals surface area contributed by atoms with E-state index in [1.54, 1.807) is 0 Å². The van der Waals surface area contributed by atoms with Crippen molar-refractivity contribution in [3.8, 4) is 0 Å². The van der Waals surface area contributed by atoms with E-state index < -0.39 is 0 Å². The van der Waals surface area contributed by atoms with Crippen LogP contribution in [0.5, 0.6) is 0 Å². The second kappa shape index (κ2) is 5.48. The Kier molecular flexibility index (Phi) is 4.24. The third-order valence-electron chi connectivity index (χ3n) is 2.29. The topological polar surface area (TPSA) is 12.0 Å². The van der Waals surface area contributed by atoms with Crippen LogP contribution in [0.15, 0.2) is 42.5 Å². The monoisotopic (exact) mass is 189 g/mol. The molecule has 0 saturated heterocycles. The normalized spacial score (nSPS) is 12.1. The SMILES string of the molecule is C=C(C)C(CCC)Nc1ccccc1. The molecule has 0 saturated carbocycles. The van der Waals surface area contributed by atoms with Crippen LogP contribution in [0.3, 0.4) is 0 Å². The molecule has 76 valence electrons. The highest BCUT2D eigenvalue weighted by Crippen LogP contribution is 2.14. The zero-order chi connectivity index (χ0) is 10.4. The Labute approximate surface area is 86.8 Å². The van der Waals surface area contributed by atoms with Gasteiger partial charge in [0.2, 0.25) is 0 Å². The average Bonchev–Trinajstić information content (AvgIpc) is 2.18. The van der Waals surface area contributed by atoms with Gasteiger partial charge < -0.3 is 5.32 Å². The van der Waals surface area contributed by atoms with Crippen molar-refractivity contribution in [2.45, 2.75) is 32.7 Å². The maximum absolute atomic E-state index is 4.01. The molecule has 1 aromatic carbocycles. The summed E-state index contributed by atoms with van der Waals surface area (Å²) < 4.78 is 0. The van der Waals surface area contributed by atoms with Gasteiger partial charge in [0.15, 0.2) is 0 Å². The number of anilines is 1. The molecule has 0 spiro atoms. The Morgan fingerprint density at radius 1 is 1.36 bits per heavy atom. The molecule has 1 nitrogen and oxygen atoms in total. The summed E-state index contributed by atoms with van der Waals surface area (Å²) in [4.78, 5) is 0. The first kappa shape index (κ1) is 10.8. The largest absolute Gasteiger partial charge is 0.379 e. The summed E-state index contributed by atoms with van der Waals surface area (Å²) >= 11 is 0. The Bertz CT molecular complexity index is 277. The molecule has 0 amide bonds. The summed E-state index contributed by atoms with van der Waals surface area (Å²) in [7, 11) is 0. The zero-order valence-electron chi connectivity index (χ0n) is 9.09. The summed E-state index contributed by atoms with van der Waals surface area (Å²) in [6.07, 6.45) is 2.32. The Hall–Kier alpha value is -1.24. The minimum atomic E-state index is 0.405. The molecular weight excluding hydrogens is 170 g/mol. The second-order valence-corrected chi connectivity index (χ2v) is 3.70. The lowest BCUT2D eigenvalue weighted by Crippen LogP contribution is -2.19. The molecule has 1 atom stereocenters. The van der Waals surface area contributed by atoms with E-state index in [0.29, 0.717) is 6.04 Å². The molecular formula is C13H19N. The summed E-state index contributed by atoms with van der Waals surface area (Å²) in [6.45, 7) is 8.28. The Morgan fingerprint density at radius 2 is 2.00 bits per heavy atom. The second-order valence-electron chi connectivity index (χ2n) is 3.70. The highest BCUT2D eigenvalue weighted by atomic mass is 14.9. The summed E-state index contributed by atoms with van der Waals surface area (Å²) in [5.41, 5.74) is 2.38. The molecule has 1 heteroatoms. The molecule has 0 aliphatic carbocycles. The van der Waals surface area contributed by atoms with Crippen LogP contribution in [0.4, 0.5) is 5.69 Å². The fourth-order valence-electron chi connectivity index (χ4n) is 1.47. The van der Waals surface area contributed by atoms with Gasteiger partial charge in [0.05, 0.1) is 0 Å². The molecule has 1 unspecified atom stereocenters. The standard InChI is InChI=1S/C13H19N/c1-4-8-13(11(2)3)14-12-9-6-5-7-10-12/h5-7,9-10,13-14H,2,4,8H2,1,3H3. The first-order chi connectivity index (χ1) is 6.74. The van der Waals surface area contributed by atoms with E-state index >= 15 is 0 Å². The molecule has 14 heavy (non-hydrogen) atoms. The number of rotatable bonds is 5. The Balaban J connectivity index is 2.60. The molecule has 0 bridgehead atoms. The van der Waals surface area contributed by atoms with Gasteiger partial charge in [0.1, 0.15) is 0 Å². The molecule has 0 aromatic heterocycles. The van der Waals surface area contributed by atoms with Gasteiger partial charge in [-0.05, 0) is 25.5 Å². The van der Waals surface area contributed by atoms with Crippen molar-refractivity contribution in [1.29, 1.82) is 0 Å². The molecule has 1 aromatic rings. The lowest BCUT2D eigenvalue weighted by atomic mass is 10.1. The van der Waals surface area contributed by atoms with Crippen molar-refractivity contribution in [3.05, 3.63) is 42.5 Å². The molecule has 0 aliphatic heterocycles. The predicted octanol–water partition coefficient (Wildman–Crippen LogP) is 3.84. The maximum Gasteiger partial charge on any atom is 0.0468 e. The van der Waals surface area contributed by atoms with Crippen molar-refractivity contribution in [2.75, 3.05) is 5.32 Å². The predicted molar refractivity (Wildman–Crippen MR) is 63.6 cm³/mol. The molecule has 1 rings (SSSR count). The highest BCUT2D eigenvalue weighted by molar-refractivity contribution is 5.45. The van der Waals surface area contributed by atoms with E-state index in [1.165, 1.54) is 17.7 Å². The fraction of sp³-hybridized carbons (Fsp3) is 0.385. The molecule has 0 aliphatic rings. The lowest BCUT2D eigenvalue weighted by molar-refractivity contribution is 0.712. The first-order valence-electron chi connectivity index (χ1n) is 5.21. The molecule has 0 fully saturated rings. The van der Waals surface area contributed by atoms with Gasteiger partial charge in [-0.15, -0.1) is 0 Å². The van der Waals surface area contributed by atoms with Crippen LogP contribution >= 0.6 is 0 Å². The van der Waals surface area contributed by atoms with Gasteiger partial charge >= 0.3 is 0 Å². The van der Waals surface area contributed by atoms with Crippen LogP contribution in [0.1, 0.15) is 26.7 Å². The van der Waals surface area contributed by atoms with E-state index in [-0.39, 0.29) is 0 Å². The number of nitrogens with one attached hydrogen (secondary N) is 1. The number of benzene rings is 1. The van der Waals surface area contributed by atoms with Crippen LogP contribution in [-0.2, 0) is 0 Å². The van der Waals surface area contributed by atoms with Crippen LogP contribution in [-0.4, -0.2) is 6.04 Å². The first-order valence-corrected chi connectivity index (χ1v) is 5.21. The van der Waals surface area contributed by atoms with Crippen LogP contribution < -0.4 is 5.32 Å². The fourth-order valence-corrected chi connectivity index (χ4v) is 1.47. The highest BCUT2D eigenvalue weighted by Gasteiger charge is 2.06. The van der Waals surface area contributed by atoms with Crippen LogP contribution in [0.2, 0.25) is 0 Å². The van der Waals surface area contributed by atoms with Gasteiger partial charge in [-0.25, -0.2) is 0 Å². The van der Waals surface area contributed by atoms with Gasteiger partial charge in [-0.3, -0.25) is 0 Å². The quantitative estimate of drug-likeness (QED) is 0.694. The third kappa shape index (κ3) is 3.25. The van der Waals surface area contributed by atoms with Gasteiger partial charge in [0, 0.05) is 11.7 Å².